The molecule has 18 heavy (non-hydrogen) atoms. The average molecular weight is 274 g/mol. The molecule has 1 N–H and O–H groups in total. The molecule has 1 aromatic rings. The summed E-state index contributed by atoms with van der Waals surface area (Å²) in [6.07, 6.45) is 2.43. The summed E-state index contributed by atoms with van der Waals surface area (Å²) in [7, 11) is 0. The molecule has 0 fully saturated rings. The van der Waals surface area contributed by atoms with E-state index in [9.17, 15) is 4.79 Å². The van der Waals surface area contributed by atoms with Crippen molar-refractivity contribution in [3.63, 3.8) is 0 Å². The number of aromatic nitrogens is 2. The van der Waals surface area contributed by atoms with Crippen LogP contribution in [0.5, 0.6) is 0 Å². The fraction of sp³-hybridized carbons (Fsp3) is 0.667. The molecule has 1 unspecified atom stereocenters. The van der Waals surface area contributed by atoms with Gasteiger partial charge in [0.1, 0.15) is 5.02 Å². The van der Waals surface area contributed by atoms with E-state index in [1.54, 1.807) is 6.20 Å². The number of ether oxygens (including phenoxy) is 1. The molecular weight excluding hydrogens is 254 g/mol. The second kappa shape index (κ2) is 7.38. The maximum Gasteiger partial charge on any atom is 0.287 e. The van der Waals surface area contributed by atoms with Gasteiger partial charge in [0.05, 0.1) is 18.5 Å². The van der Waals surface area contributed by atoms with Crippen molar-refractivity contribution in [2.75, 3.05) is 18.5 Å². The van der Waals surface area contributed by atoms with Crippen LogP contribution in [0.1, 0.15) is 27.2 Å². The molecule has 0 amide bonds. The van der Waals surface area contributed by atoms with Crippen molar-refractivity contribution < 1.29 is 4.74 Å². The molecule has 0 spiro atoms. The minimum absolute atomic E-state index is 0.0747. The lowest BCUT2D eigenvalue weighted by molar-refractivity contribution is 0.141. The molecule has 0 saturated carbocycles. The largest absolute Gasteiger partial charge is 0.380 e. The third-order valence-electron chi connectivity index (χ3n) is 2.39. The highest BCUT2D eigenvalue weighted by Crippen LogP contribution is 2.16. The first kappa shape index (κ1) is 15.0. The Morgan fingerprint density at radius 3 is 2.89 bits per heavy atom. The molecule has 1 atom stereocenters. The molecular formula is C12H20ClN3O2. The summed E-state index contributed by atoms with van der Waals surface area (Å²) < 4.78 is 6.67. The summed E-state index contributed by atoms with van der Waals surface area (Å²) in [6, 6.07) is 0.0747. The van der Waals surface area contributed by atoms with Crippen LogP contribution in [0.25, 0.3) is 0 Å². The van der Waals surface area contributed by atoms with Crippen molar-refractivity contribution in [1.82, 2.24) is 9.78 Å². The second-order valence-corrected chi connectivity index (χ2v) is 4.48. The van der Waals surface area contributed by atoms with Crippen molar-refractivity contribution >= 4 is 17.3 Å². The van der Waals surface area contributed by atoms with Crippen LogP contribution in [-0.4, -0.2) is 29.0 Å². The standard InChI is InChI=1S/C12H20ClN3O2/c1-4-6-16-12(17)11(13)10(7-14-16)15-9(3)8-18-5-2/h7,9,15H,4-6,8H2,1-3H3. The van der Waals surface area contributed by atoms with E-state index in [-0.39, 0.29) is 16.6 Å². The van der Waals surface area contributed by atoms with Crippen LogP contribution in [0.3, 0.4) is 0 Å². The van der Waals surface area contributed by atoms with Gasteiger partial charge in [0, 0.05) is 19.2 Å². The number of anilines is 1. The molecule has 0 aliphatic carbocycles. The van der Waals surface area contributed by atoms with Gasteiger partial charge >= 0.3 is 0 Å². The van der Waals surface area contributed by atoms with Crippen molar-refractivity contribution in [2.45, 2.75) is 39.8 Å². The number of hydrogen-bond donors (Lipinski definition) is 1. The lowest BCUT2D eigenvalue weighted by Gasteiger charge is -2.16. The predicted octanol–water partition coefficient (Wildman–Crippen LogP) is 2.14. The number of hydrogen-bond acceptors (Lipinski definition) is 4. The van der Waals surface area contributed by atoms with Gasteiger partial charge < -0.3 is 10.1 Å². The van der Waals surface area contributed by atoms with Crippen LogP contribution >= 0.6 is 11.6 Å². The Bertz CT molecular complexity index is 434. The Morgan fingerprint density at radius 2 is 2.28 bits per heavy atom. The zero-order chi connectivity index (χ0) is 13.5. The Labute approximate surface area is 112 Å². The predicted molar refractivity (Wildman–Crippen MR) is 73.4 cm³/mol. The van der Waals surface area contributed by atoms with Gasteiger partial charge in [-0.1, -0.05) is 18.5 Å². The number of nitrogens with one attached hydrogen (secondary N) is 1. The van der Waals surface area contributed by atoms with E-state index >= 15 is 0 Å². The normalized spacial score (nSPS) is 12.4. The molecule has 0 aromatic carbocycles. The van der Waals surface area contributed by atoms with Crippen molar-refractivity contribution in [2.24, 2.45) is 0 Å². The first-order valence-electron chi connectivity index (χ1n) is 6.20. The Kier molecular flexibility index (Phi) is 6.15. The molecule has 6 heteroatoms. The topological polar surface area (TPSA) is 56.1 Å². The summed E-state index contributed by atoms with van der Waals surface area (Å²) in [6.45, 7) is 7.68. The zero-order valence-corrected chi connectivity index (χ0v) is 11.8. The summed E-state index contributed by atoms with van der Waals surface area (Å²) in [4.78, 5) is 11.9. The molecule has 0 radical (unpaired) electrons. The van der Waals surface area contributed by atoms with Crippen molar-refractivity contribution in [3.05, 3.63) is 21.6 Å². The minimum Gasteiger partial charge on any atom is -0.380 e. The third kappa shape index (κ3) is 3.99. The van der Waals surface area contributed by atoms with E-state index in [0.717, 1.165) is 6.42 Å². The first-order valence-corrected chi connectivity index (χ1v) is 6.57. The highest BCUT2D eigenvalue weighted by atomic mass is 35.5. The van der Waals surface area contributed by atoms with Gasteiger partial charge in [-0.3, -0.25) is 4.79 Å². The van der Waals surface area contributed by atoms with Gasteiger partial charge in [0.15, 0.2) is 0 Å². The summed E-state index contributed by atoms with van der Waals surface area (Å²) in [5.74, 6) is 0. The van der Waals surface area contributed by atoms with Gasteiger partial charge in [-0.25, -0.2) is 4.68 Å². The van der Waals surface area contributed by atoms with Crippen LogP contribution < -0.4 is 10.9 Å². The lowest BCUT2D eigenvalue weighted by Crippen LogP contribution is -2.27. The summed E-state index contributed by atoms with van der Waals surface area (Å²) >= 11 is 6.04. The smallest absolute Gasteiger partial charge is 0.287 e. The van der Waals surface area contributed by atoms with Gasteiger partial charge in [-0.05, 0) is 20.3 Å². The molecule has 102 valence electrons. The SMILES string of the molecule is CCCn1ncc(NC(C)COCC)c(Cl)c1=O. The van der Waals surface area contributed by atoms with Crippen LogP contribution in [0.15, 0.2) is 11.0 Å². The number of halogens is 1. The Hall–Kier alpha value is -1.07. The molecule has 1 heterocycles. The molecule has 0 saturated heterocycles. The number of aryl methyl sites for hydroxylation is 1. The van der Waals surface area contributed by atoms with Gasteiger partial charge in [0.25, 0.3) is 5.56 Å². The molecule has 0 aliphatic heterocycles. The average Bonchev–Trinajstić information content (AvgIpc) is 2.36. The molecule has 0 aliphatic rings. The third-order valence-corrected chi connectivity index (χ3v) is 2.76. The first-order chi connectivity index (χ1) is 8.60. The van der Waals surface area contributed by atoms with E-state index in [2.05, 4.69) is 10.4 Å². The fourth-order valence-corrected chi connectivity index (χ4v) is 1.74. The fourth-order valence-electron chi connectivity index (χ4n) is 1.54. The van der Waals surface area contributed by atoms with Gasteiger partial charge in [-0.15, -0.1) is 0 Å². The van der Waals surface area contributed by atoms with Crippen molar-refractivity contribution in [1.29, 1.82) is 0 Å². The van der Waals surface area contributed by atoms with Crippen molar-refractivity contribution in [3.8, 4) is 0 Å². The van der Waals surface area contributed by atoms with E-state index in [1.807, 2.05) is 20.8 Å². The van der Waals surface area contributed by atoms with Crippen LogP contribution in [0.4, 0.5) is 5.69 Å². The van der Waals surface area contributed by atoms with E-state index in [4.69, 9.17) is 16.3 Å². The van der Waals surface area contributed by atoms with Gasteiger partial charge in [0.2, 0.25) is 0 Å². The maximum atomic E-state index is 11.9. The maximum absolute atomic E-state index is 11.9. The van der Waals surface area contributed by atoms with Crippen LogP contribution in [0.2, 0.25) is 5.02 Å². The molecule has 5 nitrogen and oxygen atoms in total. The zero-order valence-electron chi connectivity index (χ0n) is 11.1. The molecule has 1 aromatic heterocycles. The van der Waals surface area contributed by atoms with E-state index < -0.39 is 0 Å². The Balaban J connectivity index is 2.79. The monoisotopic (exact) mass is 273 g/mol. The highest BCUT2D eigenvalue weighted by Gasteiger charge is 2.11. The molecule has 1 rings (SSSR count). The van der Waals surface area contributed by atoms with E-state index in [1.165, 1.54) is 4.68 Å². The Morgan fingerprint density at radius 1 is 1.56 bits per heavy atom. The quantitative estimate of drug-likeness (QED) is 0.827. The summed E-state index contributed by atoms with van der Waals surface area (Å²) in [5.41, 5.74) is 0.299. The van der Waals surface area contributed by atoms with Crippen LogP contribution in [-0.2, 0) is 11.3 Å². The lowest BCUT2D eigenvalue weighted by atomic mass is 10.3. The van der Waals surface area contributed by atoms with E-state index in [0.29, 0.717) is 25.4 Å². The number of nitrogens with zero attached hydrogens (tertiary/aromatic N) is 2. The van der Waals surface area contributed by atoms with Gasteiger partial charge in [-0.2, -0.15) is 5.10 Å². The highest BCUT2D eigenvalue weighted by molar-refractivity contribution is 6.32. The minimum atomic E-state index is -0.257. The molecule has 0 bridgehead atoms. The van der Waals surface area contributed by atoms with Crippen LogP contribution in [0, 0.1) is 0 Å². The number of rotatable bonds is 7. The summed E-state index contributed by atoms with van der Waals surface area (Å²) in [5, 5.41) is 7.38. The second-order valence-electron chi connectivity index (χ2n) is 4.11.